The van der Waals surface area contributed by atoms with Crippen molar-refractivity contribution in [1.29, 1.82) is 0 Å². The number of urea groups is 1. The SMILES string of the molecule is CCOc1ccccc1NC(=O)N1CCCC(Oc2ncc(Br)cn2)C1. The summed E-state index contributed by atoms with van der Waals surface area (Å²) in [7, 11) is 0. The van der Waals surface area contributed by atoms with E-state index in [1.165, 1.54) is 0 Å². The number of ether oxygens (including phenoxy) is 2. The Balaban J connectivity index is 1.60. The number of likely N-dealkylation sites (tertiary alicyclic amines) is 1. The minimum absolute atomic E-state index is 0.127. The predicted octanol–water partition coefficient (Wildman–Crippen LogP) is 3.71. The van der Waals surface area contributed by atoms with Crippen molar-refractivity contribution >= 4 is 27.6 Å². The molecular formula is C18H21BrN4O3. The van der Waals surface area contributed by atoms with Crippen molar-refractivity contribution in [2.45, 2.75) is 25.9 Å². The molecular weight excluding hydrogens is 400 g/mol. The van der Waals surface area contributed by atoms with Gasteiger partial charge < -0.3 is 19.7 Å². The van der Waals surface area contributed by atoms with Gasteiger partial charge in [-0.1, -0.05) is 12.1 Å². The van der Waals surface area contributed by atoms with Crippen LogP contribution in [-0.4, -0.2) is 46.7 Å². The van der Waals surface area contributed by atoms with E-state index in [0.717, 1.165) is 17.3 Å². The van der Waals surface area contributed by atoms with Crippen LogP contribution in [0, 0.1) is 0 Å². The highest BCUT2D eigenvalue weighted by Crippen LogP contribution is 2.25. The second-order valence-corrected chi connectivity index (χ2v) is 6.79. The molecule has 0 spiro atoms. The zero-order valence-electron chi connectivity index (χ0n) is 14.5. The van der Waals surface area contributed by atoms with Gasteiger partial charge >= 0.3 is 12.0 Å². The van der Waals surface area contributed by atoms with Crippen molar-refractivity contribution in [2.75, 3.05) is 25.0 Å². The Bertz CT molecular complexity index is 741. The van der Waals surface area contributed by atoms with E-state index in [0.29, 0.717) is 37.1 Å². The quantitative estimate of drug-likeness (QED) is 0.797. The van der Waals surface area contributed by atoms with E-state index in [1.807, 2.05) is 31.2 Å². The van der Waals surface area contributed by atoms with Crippen LogP contribution in [0.1, 0.15) is 19.8 Å². The number of para-hydroxylation sites is 2. The molecule has 2 heterocycles. The molecule has 1 atom stereocenters. The second-order valence-electron chi connectivity index (χ2n) is 5.87. The number of halogens is 1. The third-order valence-corrected chi connectivity index (χ3v) is 4.37. The average molecular weight is 421 g/mol. The van der Waals surface area contributed by atoms with Gasteiger partial charge in [0.2, 0.25) is 0 Å². The Morgan fingerprint density at radius 2 is 2.12 bits per heavy atom. The van der Waals surface area contributed by atoms with Gasteiger partial charge in [-0.2, -0.15) is 0 Å². The number of hydrogen-bond acceptors (Lipinski definition) is 5. The van der Waals surface area contributed by atoms with E-state index in [4.69, 9.17) is 9.47 Å². The molecule has 0 radical (unpaired) electrons. The Kier molecular flexibility index (Phi) is 6.27. The third-order valence-electron chi connectivity index (χ3n) is 3.96. The number of piperidine rings is 1. The molecule has 8 heteroatoms. The van der Waals surface area contributed by atoms with Crippen LogP contribution >= 0.6 is 15.9 Å². The first-order chi connectivity index (χ1) is 12.7. The van der Waals surface area contributed by atoms with Crippen LogP contribution in [0.25, 0.3) is 0 Å². The van der Waals surface area contributed by atoms with Crippen molar-refractivity contribution in [3.63, 3.8) is 0 Å². The van der Waals surface area contributed by atoms with Gasteiger partial charge in [-0.15, -0.1) is 0 Å². The minimum atomic E-state index is -0.165. The molecule has 26 heavy (non-hydrogen) atoms. The van der Waals surface area contributed by atoms with Gasteiger partial charge in [0.1, 0.15) is 11.9 Å². The molecule has 1 aliphatic rings. The predicted molar refractivity (Wildman–Crippen MR) is 102 cm³/mol. The number of aromatic nitrogens is 2. The second kappa shape index (κ2) is 8.84. The lowest BCUT2D eigenvalue weighted by Crippen LogP contribution is -2.46. The van der Waals surface area contributed by atoms with E-state index >= 15 is 0 Å². The van der Waals surface area contributed by atoms with Crippen LogP contribution in [0.15, 0.2) is 41.1 Å². The summed E-state index contributed by atoms with van der Waals surface area (Å²) in [4.78, 5) is 22.6. The largest absolute Gasteiger partial charge is 0.492 e. The van der Waals surface area contributed by atoms with Gasteiger partial charge in [-0.05, 0) is 47.8 Å². The summed E-state index contributed by atoms with van der Waals surface area (Å²) in [5.74, 6) is 0.663. The van der Waals surface area contributed by atoms with E-state index in [-0.39, 0.29) is 12.1 Å². The van der Waals surface area contributed by atoms with Gasteiger partial charge in [0.05, 0.1) is 23.3 Å². The highest BCUT2D eigenvalue weighted by Gasteiger charge is 2.26. The van der Waals surface area contributed by atoms with Gasteiger partial charge in [-0.25, -0.2) is 14.8 Å². The summed E-state index contributed by atoms with van der Waals surface area (Å²) >= 11 is 3.30. The van der Waals surface area contributed by atoms with E-state index in [1.54, 1.807) is 17.3 Å². The van der Waals surface area contributed by atoms with Crippen LogP contribution < -0.4 is 14.8 Å². The first kappa shape index (κ1) is 18.4. The summed E-state index contributed by atoms with van der Waals surface area (Å²) in [6.45, 7) is 3.63. The summed E-state index contributed by atoms with van der Waals surface area (Å²) in [6.07, 6.45) is 4.87. The molecule has 1 saturated heterocycles. The number of hydrogen-bond donors (Lipinski definition) is 1. The Hall–Kier alpha value is -2.35. The Labute approximate surface area is 160 Å². The molecule has 0 saturated carbocycles. The fourth-order valence-electron chi connectivity index (χ4n) is 2.77. The lowest BCUT2D eigenvalue weighted by molar-refractivity contribution is 0.0982. The van der Waals surface area contributed by atoms with Gasteiger partial charge in [0.15, 0.2) is 0 Å². The Morgan fingerprint density at radius 3 is 2.88 bits per heavy atom. The first-order valence-electron chi connectivity index (χ1n) is 8.57. The molecule has 2 aromatic rings. The standard InChI is InChI=1S/C18H21BrN4O3/c1-2-25-16-8-4-3-7-15(16)22-18(24)23-9-5-6-14(12-23)26-17-20-10-13(19)11-21-17/h3-4,7-8,10-11,14H,2,5-6,9,12H2,1H3,(H,22,24). The van der Waals surface area contributed by atoms with E-state index in [2.05, 4.69) is 31.2 Å². The fraction of sp³-hybridized carbons (Fsp3) is 0.389. The average Bonchev–Trinajstić information content (AvgIpc) is 2.66. The first-order valence-corrected chi connectivity index (χ1v) is 9.37. The maximum absolute atomic E-state index is 12.6. The smallest absolute Gasteiger partial charge is 0.322 e. The molecule has 1 N–H and O–H groups in total. The van der Waals surface area contributed by atoms with Crippen LogP contribution in [0.2, 0.25) is 0 Å². The van der Waals surface area contributed by atoms with Crippen molar-refractivity contribution in [3.8, 4) is 11.8 Å². The number of carbonyl (C=O) groups is 1. The van der Waals surface area contributed by atoms with Crippen LogP contribution in [0.4, 0.5) is 10.5 Å². The number of nitrogens with zero attached hydrogens (tertiary/aromatic N) is 3. The number of carbonyl (C=O) groups excluding carboxylic acids is 1. The molecule has 1 aromatic heterocycles. The zero-order chi connectivity index (χ0) is 18.4. The number of rotatable bonds is 5. The molecule has 3 rings (SSSR count). The molecule has 138 valence electrons. The lowest BCUT2D eigenvalue weighted by atomic mass is 10.1. The third kappa shape index (κ3) is 4.85. The molecule has 1 unspecified atom stereocenters. The number of amides is 2. The van der Waals surface area contributed by atoms with Gasteiger partial charge in [-0.3, -0.25) is 0 Å². The van der Waals surface area contributed by atoms with Crippen LogP contribution in [0.3, 0.4) is 0 Å². The van der Waals surface area contributed by atoms with Crippen LogP contribution in [0.5, 0.6) is 11.8 Å². The highest BCUT2D eigenvalue weighted by molar-refractivity contribution is 9.10. The van der Waals surface area contributed by atoms with Crippen molar-refractivity contribution < 1.29 is 14.3 Å². The van der Waals surface area contributed by atoms with Gasteiger partial charge in [0, 0.05) is 18.9 Å². The van der Waals surface area contributed by atoms with Crippen LogP contribution in [-0.2, 0) is 0 Å². The summed E-state index contributed by atoms with van der Waals surface area (Å²) in [5, 5.41) is 2.93. The maximum Gasteiger partial charge on any atom is 0.322 e. The zero-order valence-corrected chi connectivity index (χ0v) is 16.1. The Morgan fingerprint density at radius 1 is 1.35 bits per heavy atom. The highest BCUT2D eigenvalue weighted by atomic mass is 79.9. The summed E-state index contributed by atoms with van der Waals surface area (Å²) in [5.41, 5.74) is 0.665. The maximum atomic E-state index is 12.6. The number of nitrogens with one attached hydrogen (secondary N) is 1. The molecule has 1 aliphatic heterocycles. The van der Waals surface area contributed by atoms with Gasteiger partial charge in [0.25, 0.3) is 0 Å². The van der Waals surface area contributed by atoms with Crippen molar-refractivity contribution in [3.05, 3.63) is 41.1 Å². The molecule has 2 amide bonds. The minimum Gasteiger partial charge on any atom is -0.492 e. The molecule has 0 aliphatic carbocycles. The van der Waals surface area contributed by atoms with Crippen molar-refractivity contribution in [1.82, 2.24) is 14.9 Å². The lowest BCUT2D eigenvalue weighted by Gasteiger charge is -2.32. The summed E-state index contributed by atoms with van der Waals surface area (Å²) < 4.78 is 12.2. The summed E-state index contributed by atoms with van der Waals surface area (Å²) in [6, 6.07) is 7.57. The topological polar surface area (TPSA) is 76.6 Å². The normalized spacial score (nSPS) is 16.8. The molecule has 7 nitrogen and oxygen atoms in total. The van der Waals surface area contributed by atoms with E-state index < -0.39 is 0 Å². The molecule has 1 fully saturated rings. The van der Waals surface area contributed by atoms with E-state index in [9.17, 15) is 4.79 Å². The monoisotopic (exact) mass is 420 g/mol. The molecule has 0 bridgehead atoms. The number of benzene rings is 1. The number of anilines is 1. The van der Waals surface area contributed by atoms with Crippen molar-refractivity contribution in [2.24, 2.45) is 0 Å². The molecule has 1 aromatic carbocycles. The fourth-order valence-corrected chi connectivity index (χ4v) is 2.98.